The van der Waals surface area contributed by atoms with Crippen LogP contribution in [-0.2, 0) is 6.54 Å². The van der Waals surface area contributed by atoms with Gasteiger partial charge in [0, 0.05) is 17.8 Å². The molecule has 3 heteroatoms. The summed E-state index contributed by atoms with van der Waals surface area (Å²) in [5.41, 5.74) is 3.67. The van der Waals surface area contributed by atoms with E-state index in [1.54, 1.807) is 0 Å². The lowest BCUT2D eigenvalue weighted by Gasteiger charge is -2.09. The van der Waals surface area contributed by atoms with Crippen molar-refractivity contribution >= 4 is 0 Å². The van der Waals surface area contributed by atoms with Gasteiger partial charge < -0.3 is 5.32 Å². The van der Waals surface area contributed by atoms with Crippen LogP contribution < -0.4 is 5.32 Å². The Bertz CT molecular complexity index is 304. The SMILES string of the molecule is Cc1n[nH]c(C)c1CNCCC1CCCC1. The number of H-pyrrole nitrogens is 1. The zero-order valence-corrected chi connectivity index (χ0v) is 10.5. The summed E-state index contributed by atoms with van der Waals surface area (Å²) in [5, 5.41) is 10.8. The molecule has 1 aromatic heterocycles. The molecule has 0 unspecified atom stereocenters. The predicted molar refractivity (Wildman–Crippen MR) is 66.3 cm³/mol. The molecular weight excluding hydrogens is 198 g/mol. The van der Waals surface area contributed by atoms with Crippen molar-refractivity contribution in [2.24, 2.45) is 5.92 Å². The van der Waals surface area contributed by atoms with Crippen LogP contribution in [0.25, 0.3) is 0 Å². The van der Waals surface area contributed by atoms with Crippen molar-refractivity contribution in [1.82, 2.24) is 15.5 Å². The van der Waals surface area contributed by atoms with Crippen molar-refractivity contribution in [3.63, 3.8) is 0 Å². The molecule has 0 saturated heterocycles. The molecule has 0 spiro atoms. The van der Waals surface area contributed by atoms with E-state index >= 15 is 0 Å². The first-order chi connectivity index (χ1) is 7.77. The molecule has 1 aliphatic carbocycles. The highest BCUT2D eigenvalue weighted by Crippen LogP contribution is 2.26. The summed E-state index contributed by atoms with van der Waals surface area (Å²) >= 11 is 0. The largest absolute Gasteiger partial charge is 0.313 e. The predicted octanol–water partition coefficient (Wildman–Crippen LogP) is 2.70. The van der Waals surface area contributed by atoms with Crippen LogP contribution in [0.4, 0.5) is 0 Å². The maximum Gasteiger partial charge on any atom is 0.0638 e. The van der Waals surface area contributed by atoms with Crippen LogP contribution >= 0.6 is 0 Å². The average Bonchev–Trinajstić information content (AvgIpc) is 2.87. The molecule has 0 radical (unpaired) electrons. The Balaban J connectivity index is 1.67. The number of rotatable bonds is 5. The van der Waals surface area contributed by atoms with E-state index in [-0.39, 0.29) is 0 Å². The summed E-state index contributed by atoms with van der Waals surface area (Å²) in [6, 6.07) is 0. The van der Waals surface area contributed by atoms with E-state index in [1.807, 2.05) is 0 Å². The van der Waals surface area contributed by atoms with Crippen molar-refractivity contribution in [3.05, 3.63) is 17.0 Å². The number of hydrogen-bond acceptors (Lipinski definition) is 2. The molecular formula is C13H23N3. The second kappa shape index (κ2) is 5.48. The molecule has 3 nitrogen and oxygen atoms in total. The third-order valence-electron chi connectivity index (χ3n) is 3.79. The summed E-state index contributed by atoms with van der Waals surface area (Å²) in [7, 11) is 0. The number of aromatic nitrogens is 2. The Hall–Kier alpha value is -0.830. The van der Waals surface area contributed by atoms with Gasteiger partial charge in [-0.05, 0) is 32.7 Å². The minimum atomic E-state index is 0.959. The normalized spacial score (nSPS) is 17.1. The van der Waals surface area contributed by atoms with Gasteiger partial charge in [0.25, 0.3) is 0 Å². The van der Waals surface area contributed by atoms with Gasteiger partial charge in [0.05, 0.1) is 5.69 Å². The molecule has 0 aliphatic heterocycles. The van der Waals surface area contributed by atoms with Gasteiger partial charge in [0.2, 0.25) is 0 Å². The number of hydrogen-bond donors (Lipinski definition) is 2. The zero-order chi connectivity index (χ0) is 11.4. The van der Waals surface area contributed by atoms with E-state index < -0.39 is 0 Å². The van der Waals surface area contributed by atoms with Crippen LogP contribution in [0, 0.1) is 19.8 Å². The first-order valence-electron chi connectivity index (χ1n) is 6.48. The van der Waals surface area contributed by atoms with E-state index in [0.29, 0.717) is 0 Å². The summed E-state index contributed by atoms with van der Waals surface area (Å²) in [6.45, 7) is 6.26. The smallest absolute Gasteiger partial charge is 0.0638 e. The number of aryl methyl sites for hydroxylation is 2. The first kappa shape index (κ1) is 11.6. The lowest BCUT2D eigenvalue weighted by Crippen LogP contribution is -2.17. The highest BCUT2D eigenvalue weighted by atomic mass is 15.1. The Morgan fingerprint density at radius 3 is 2.69 bits per heavy atom. The van der Waals surface area contributed by atoms with Gasteiger partial charge in [-0.15, -0.1) is 0 Å². The van der Waals surface area contributed by atoms with Gasteiger partial charge in [0.15, 0.2) is 0 Å². The Labute approximate surface area is 98.0 Å². The Morgan fingerprint density at radius 1 is 1.31 bits per heavy atom. The molecule has 0 bridgehead atoms. The lowest BCUT2D eigenvalue weighted by molar-refractivity contribution is 0.477. The highest BCUT2D eigenvalue weighted by molar-refractivity contribution is 5.22. The minimum Gasteiger partial charge on any atom is -0.313 e. The zero-order valence-electron chi connectivity index (χ0n) is 10.5. The van der Waals surface area contributed by atoms with Crippen LogP contribution in [0.2, 0.25) is 0 Å². The molecule has 1 aromatic rings. The van der Waals surface area contributed by atoms with Crippen molar-refractivity contribution in [1.29, 1.82) is 0 Å². The molecule has 2 rings (SSSR count). The van der Waals surface area contributed by atoms with Gasteiger partial charge in [-0.2, -0.15) is 5.10 Å². The lowest BCUT2D eigenvalue weighted by atomic mass is 10.0. The quantitative estimate of drug-likeness (QED) is 0.751. The van der Waals surface area contributed by atoms with E-state index in [0.717, 1.165) is 24.7 Å². The fourth-order valence-corrected chi connectivity index (χ4v) is 2.65. The van der Waals surface area contributed by atoms with Crippen LogP contribution in [0.1, 0.15) is 49.1 Å². The minimum absolute atomic E-state index is 0.959. The topological polar surface area (TPSA) is 40.7 Å². The molecule has 1 aliphatic rings. The van der Waals surface area contributed by atoms with Crippen LogP contribution in [0.3, 0.4) is 0 Å². The summed E-state index contributed by atoms with van der Waals surface area (Å²) in [4.78, 5) is 0. The number of nitrogens with one attached hydrogen (secondary N) is 2. The molecule has 2 N–H and O–H groups in total. The fourth-order valence-electron chi connectivity index (χ4n) is 2.65. The molecule has 1 heterocycles. The molecule has 90 valence electrons. The number of nitrogens with zero attached hydrogens (tertiary/aromatic N) is 1. The van der Waals surface area contributed by atoms with Gasteiger partial charge >= 0.3 is 0 Å². The number of aromatic amines is 1. The van der Waals surface area contributed by atoms with E-state index in [1.165, 1.54) is 43.4 Å². The maximum atomic E-state index is 4.21. The molecule has 16 heavy (non-hydrogen) atoms. The molecule has 1 saturated carbocycles. The van der Waals surface area contributed by atoms with E-state index in [9.17, 15) is 0 Å². The highest BCUT2D eigenvalue weighted by Gasteiger charge is 2.14. The summed E-state index contributed by atoms with van der Waals surface area (Å²) in [6.07, 6.45) is 7.14. The Morgan fingerprint density at radius 2 is 2.06 bits per heavy atom. The van der Waals surface area contributed by atoms with Crippen LogP contribution in [0.5, 0.6) is 0 Å². The molecule has 0 amide bonds. The van der Waals surface area contributed by atoms with Crippen molar-refractivity contribution in [2.75, 3.05) is 6.54 Å². The van der Waals surface area contributed by atoms with Gasteiger partial charge in [-0.25, -0.2) is 0 Å². The standard InChI is InChI=1S/C13H23N3/c1-10-13(11(2)16-15-10)9-14-8-7-12-5-3-4-6-12/h12,14H,3-9H2,1-2H3,(H,15,16). The summed E-state index contributed by atoms with van der Waals surface area (Å²) in [5.74, 6) is 0.985. The monoisotopic (exact) mass is 221 g/mol. The molecule has 0 aromatic carbocycles. The summed E-state index contributed by atoms with van der Waals surface area (Å²) < 4.78 is 0. The second-order valence-electron chi connectivity index (χ2n) is 5.03. The third kappa shape index (κ3) is 2.85. The van der Waals surface area contributed by atoms with Crippen LogP contribution in [0.15, 0.2) is 0 Å². The first-order valence-corrected chi connectivity index (χ1v) is 6.48. The van der Waals surface area contributed by atoms with Crippen molar-refractivity contribution < 1.29 is 0 Å². The van der Waals surface area contributed by atoms with Crippen molar-refractivity contribution in [2.45, 2.75) is 52.5 Å². The van der Waals surface area contributed by atoms with Crippen molar-refractivity contribution in [3.8, 4) is 0 Å². The van der Waals surface area contributed by atoms with Gasteiger partial charge in [-0.1, -0.05) is 25.7 Å². The van der Waals surface area contributed by atoms with E-state index in [2.05, 4.69) is 29.4 Å². The van der Waals surface area contributed by atoms with E-state index in [4.69, 9.17) is 0 Å². The maximum absolute atomic E-state index is 4.21. The van der Waals surface area contributed by atoms with Gasteiger partial charge in [0.1, 0.15) is 0 Å². The van der Waals surface area contributed by atoms with Crippen LogP contribution in [-0.4, -0.2) is 16.7 Å². The Kier molecular flexibility index (Phi) is 3.99. The average molecular weight is 221 g/mol. The molecule has 0 atom stereocenters. The molecule has 1 fully saturated rings. The van der Waals surface area contributed by atoms with Gasteiger partial charge in [-0.3, -0.25) is 5.10 Å². The fraction of sp³-hybridized carbons (Fsp3) is 0.769. The second-order valence-corrected chi connectivity index (χ2v) is 5.03. The third-order valence-corrected chi connectivity index (χ3v) is 3.79.